The Morgan fingerprint density at radius 1 is 1.45 bits per heavy atom. The highest BCUT2D eigenvalue weighted by Crippen LogP contribution is 2.20. The minimum absolute atomic E-state index is 0.278. The monoisotopic (exact) mass is 291 g/mol. The molecular weight excluding hydrogens is 274 g/mol. The summed E-state index contributed by atoms with van der Waals surface area (Å²) in [4.78, 5) is 23.0. The number of rotatable bonds is 5. The molecule has 2 aromatic heterocycles. The third kappa shape index (κ3) is 3.14. The van der Waals surface area contributed by atoms with Gasteiger partial charge in [0, 0.05) is 17.6 Å². The van der Waals surface area contributed by atoms with Crippen LogP contribution in [-0.4, -0.2) is 28.1 Å². The van der Waals surface area contributed by atoms with Crippen LogP contribution in [0.2, 0.25) is 0 Å². The van der Waals surface area contributed by atoms with Crippen LogP contribution >= 0.6 is 11.3 Å². The molecule has 0 aliphatic rings. The van der Waals surface area contributed by atoms with Gasteiger partial charge in [-0.25, -0.2) is 14.8 Å². The maximum atomic E-state index is 11.2. The molecule has 0 spiro atoms. The SMILES string of the molecule is CCc1cc(C(=O)O)cc(N(C)Cc2scnc2C)n1. The summed E-state index contributed by atoms with van der Waals surface area (Å²) in [5.41, 5.74) is 3.89. The minimum atomic E-state index is -0.925. The van der Waals surface area contributed by atoms with E-state index in [0.29, 0.717) is 18.8 Å². The molecule has 2 rings (SSSR count). The Morgan fingerprint density at radius 2 is 2.20 bits per heavy atom. The zero-order valence-electron chi connectivity index (χ0n) is 11.8. The third-order valence-corrected chi connectivity index (χ3v) is 4.01. The molecule has 106 valence electrons. The molecule has 0 fully saturated rings. The largest absolute Gasteiger partial charge is 0.478 e. The number of anilines is 1. The standard InChI is InChI=1S/C14H17N3O2S/c1-4-11-5-10(14(18)19)6-13(16-11)17(3)7-12-9(2)15-8-20-12/h5-6,8H,4,7H2,1-3H3,(H,18,19). The lowest BCUT2D eigenvalue weighted by Gasteiger charge is -2.19. The van der Waals surface area contributed by atoms with Crippen molar-refractivity contribution < 1.29 is 9.90 Å². The fourth-order valence-electron chi connectivity index (χ4n) is 1.85. The number of carboxylic acids is 1. The van der Waals surface area contributed by atoms with E-state index < -0.39 is 5.97 Å². The summed E-state index contributed by atoms with van der Waals surface area (Å²) in [6, 6.07) is 3.23. The summed E-state index contributed by atoms with van der Waals surface area (Å²) in [5.74, 6) is -0.250. The fourth-order valence-corrected chi connectivity index (χ4v) is 2.68. The van der Waals surface area contributed by atoms with E-state index in [1.165, 1.54) is 0 Å². The average molecular weight is 291 g/mol. The summed E-state index contributed by atoms with van der Waals surface area (Å²) >= 11 is 1.60. The molecule has 0 saturated carbocycles. The molecule has 0 radical (unpaired) electrons. The molecular formula is C14H17N3O2S. The van der Waals surface area contributed by atoms with E-state index in [1.807, 2.05) is 31.3 Å². The first-order valence-electron chi connectivity index (χ1n) is 6.35. The van der Waals surface area contributed by atoms with Crippen molar-refractivity contribution in [3.8, 4) is 0 Å². The second-order valence-electron chi connectivity index (χ2n) is 4.58. The molecule has 0 aliphatic heterocycles. The van der Waals surface area contributed by atoms with Crippen molar-refractivity contribution in [2.45, 2.75) is 26.8 Å². The van der Waals surface area contributed by atoms with Crippen molar-refractivity contribution in [3.63, 3.8) is 0 Å². The number of carboxylic acid groups (broad SMARTS) is 1. The lowest BCUT2D eigenvalue weighted by molar-refractivity contribution is 0.0696. The van der Waals surface area contributed by atoms with E-state index in [1.54, 1.807) is 23.5 Å². The lowest BCUT2D eigenvalue weighted by Crippen LogP contribution is -2.19. The van der Waals surface area contributed by atoms with Crippen LogP contribution in [0, 0.1) is 6.92 Å². The first-order valence-corrected chi connectivity index (χ1v) is 7.23. The zero-order chi connectivity index (χ0) is 14.7. The van der Waals surface area contributed by atoms with Gasteiger partial charge in [0.1, 0.15) is 5.82 Å². The number of aromatic nitrogens is 2. The molecule has 0 amide bonds. The van der Waals surface area contributed by atoms with Gasteiger partial charge >= 0.3 is 5.97 Å². The Balaban J connectivity index is 2.29. The van der Waals surface area contributed by atoms with Gasteiger partial charge in [-0.15, -0.1) is 11.3 Å². The predicted molar refractivity (Wildman–Crippen MR) is 79.5 cm³/mol. The van der Waals surface area contributed by atoms with E-state index in [2.05, 4.69) is 9.97 Å². The van der Waals surface area contributed by atoms with Gasteiger partial charge in [-0.3, -0.25) is 0 Å². The highest BCUT2D eigenvalue weighted by Gasteiger charge is 2.12. The topological polar surface area (TPSA) is 66.3 Å². The van der Waals surface area contributed by atoms with Crippen LogP contribution in [-0.2, 0) is 13.0 Å². The van der Waals surface area contributed by atoms with Crippen molar-refractivity contribution in [1.29, 1.82) is 0 Å². The molecule has 5 nitrogen and oxygen atoms in total. The zero-order valence-corrected chi connectivity index (χ0v) is 12.6. The van der Waals surface area contributed by atoms with Crippen LogP contribution in [0.5, 0.6) is 0 Å². The number of hydrogen-bond donors (Lipinski definition) is 1. The van der Waals surface area contributed by atoms with Gasteiger partial charge in [0.05, 0.1) is 23.3 Å². The molecule has 0 aliphatic carbocycles. The van der Waals surface area contributed by atoms with Gasteiger partial charge in [-0.1, -0.05) is 6.92 Å². The summed E-state index contributed by atoms with van der Waals surface area (Å²) in [6.07, 6.45) is 0.710. The van der Waals surface area contributed by atoms with Crippen LogP contribution < -0.4 is 4.90 Å². The van der Waals surface area contributed by atoms with E-state index in [9.17, 15) is 4.79 Å². The molecule has 0 unspecified atom stereocenters. The number of hydrogen-bond acceptors (Lipinski definition) is 5. The molecule has 1 N–H and O–H groups in total. The normalized spacial score (nSPS) is 10.6. The fraction of sp³-hybridized carbons (Fsp3) is 0.357. The van der Waals surface area contributed by atoms with E-state index in [0.717, 1.165) is 16.3 Å². The van der Waals surface area contributed by atoms with Gasteiger partial charge in [0.15, 0.2) is 0 Å². The van der Waals surface area contributed by atoms with Gasteiger partial charge in [0.25, 0.3) is 0 Å². The van der Waals surface area contributed by atoms with Crippen LogP contribution in [0.1, 0.15) is 33.5 Å². The molecule has 20 heavy (non-hydrogen) atoms. The number of nitrogens with zero attached hydrogens (tertiary/aromatic N) is 3. The third-order valence-electron chi connectivity index (χ3n) is 3.09. The maximum Gasteiger partial charge on any atom is 0.335 e. The van der Waals surface area contributed by atoms with Crippen LogP contribution in [0.4, 0.5) is 5.82 Å². The summed E-state index contributed by atoms with van der Waals surface area (Å²) in [7, 11) is 1.91. The maximum absolute atomic E-state index is 11.2. The summed E-state index contributed by atoms with van der Waals surface area (Å²) in [6.45, 7) is 4.61. The van der Waals surface area contributed by atoms with E-state index in [4.69, 9.17) is 5.11 Å². The Morgan fingerprint density at radius 3 is 2.75 bits per heavy atom. The van der Waals surface area contributed by atoms with Gasteiger partial charge in [-0.2, -0.15) is 0 Å². The number of pyridine rings is 1. The first-order chi connectivity index (χ1) is 9.51. The predicted octanol–water partition coefficient (Wildman–Crippen LogP) is 2.74. The van der Waals surface area contributed by atoms with Crippen LogP contribution in [0.25, 0.3) is 0 Å². The lowest BCUT2D eigenvalue weighted by atomic mass is 10.2. The highest BCUT2D eigenvalue weighted by molar-refractivity contribution is 7.09. The highest BCUT2D eigenvalue weighted by atomic mass is 32.1. The summed E-state index contributed by atoms with van der Waals surface area (Å²) < 4.78 is 0. The number of aryl methyl sites for hydroxylation is 2. The number of carbonyl (C=O) groups is 1. The van der Waals surface area contributed by atoms with Crippen LogP contribution in [0.3, 0.4) is 0 Å². The smallest absolute Gasteiger partial charge is 0.335 e. The first kappa shape index (κ1) is 14.5. The molecule has 2 heterocycles. The Bertz CT molecular complexity index is 625. The Labute approximate surface area is 121 Å². The van der Waals surface area contributed by atoms with E-state index >= 15 is 0 Å². The van der Waals surface area contributed by atoms with Gasteiger partial charge < -0.3 is 10.0 Å². The number of aromatic carboxylic acids is 1. The van der Waals surface area contributed by atoms with Crippen molar-refractivity contribution in [2.75, 3.05) is 11.9 Å². The summed E-state index contributed by atoms with van der Waals surface area (Å²) in [5, 5.41) is 9.16. The van der Waals surface area contributed by atoms with Gasteiger partial charge in [0.2, 0.25) is 0 Å². The average Bonchev–Trinajstić information content (AvgIpc) is 2.83. The minimum Gasteiger partial charge on any atom is -0.478 e. The second kappa shape index (κ2) is 6.00. The van der Waals surface area contributed by atoms with Crippen molar-refractivity contribution in [3.05, 3.63) is 39.5 Å². The Hall–Kier alpha value is -1.95. The van der Waals surface area contributed by atoms with E-state index in [-0.39, 0.29) is 5.56 Å². The molecule has 6 heteroatoms. The quantitative estimate of drug-likeness (QED) is 0.917. The molecule has 0 aromatic carbocycles. The van der Waals surface area contributed by atoms with Crippen molar-refractivity contribution in [1.82, 2.24) is 9.97 Å². The molecule has 0 bridgehead atoms. The Kier molecular flexibility index (Phi) is 4.34. The van der Waals surface area contributed by atoms with Crippen molar-refractivity contribution >= 4 is 23.1 Å². The molecule has 0 saturated heterocycles. The number of thiazole rings is 1. The molecule has 2 aromatic rings. The van der Waals surface area contributed by atoms with Crippen LogP contribution in [0.15, 0.2) is 17.6 Å². The second-order valence-corrected chi connectivity index (χ2v) is 5.52. The van der Waals surface area contributed by atoms with Crippen molar-refractivity contribution in [2.24, 2.45) is 0 Å². The van der Waals surface area contributed by atoms with Gasteiger partial charge in [-0.05, 0) is 25.5 Å². The molecule has 0 atom stereocenters.